The summed E-state index contributed by atoms with van der Waals surface area (Å²) in [7, 11) is 0. The lowest BCUT2D eigenvalue weighted by Gasteiger charge is -2.16. The van der Waals surface area contributed by atoms with Crippen LogP contribution in [0.15, 0.2) is 10.4 Å². The van der Waals surface area contributed by atoms with E-state index in [2.05, 4.69) is 54.7 Å². The van der Waals surface area contributed by atoms with Crippen LogP contribution in [0.25, 0.3) is 0 Å². The van der Waals surface area contributed by atoms with E-state index in [0.29, 0.717) is 10.4 Å². The standard InChI is InChI=1S/C11H16Br3NO2/c1-2-3-4-5-6(12)7-8(13)9(10(14)15)17-11(7)16/h6-8H,2-5,15H2,1H3/b10-9+. The smallest absolute Gasteiger partial charge is 0.316 e. The zero-order valence-electron chi connectivity index (χ0n) is 9.59. The largest absolute Gasteiger partial charge is 0.427 e. The van der Waals surface area contributed by atoms with Crippen molar-refractivity contribution < 1.29 is 9.53 Å². The lowest BCUT2D eigenvalue weighted by Crippen LogP contribution is -2.25. The molecule has 3 unspecified atom stereocenters. The molecule has 0 aliphatic carbocycles. The van der Waals surface area contributed by atoms with Gasteiger partial charge in [-0.25, -0.2) is 0 Å². The highest BCUT2D eigenvalue weighted by molar-refractivity contribution is 9.12. The van der Waals surface area contributed by atoms with Gasteiger partial charge in [0.25, 0.3) is 0 Å². The molecule has 0 saturated carbocycles. The minimum absolute atomic E-state index is 0.121. The maximum atomic E-state index is 11.8. The Balaban J connectivity index is 2.65. The molecule has 1 rings (SSSR count). The second kappa shape index (κ2) is 7.14. The predicted octanol–water partition coefficient (Wildman–Crippen LogP) is 3.79. The normalized spacial score (nSPS) is 29.1. The molecule has 6 heteroatoms. The summed E-state index contributed by atoms with van der Waals surface area (Å²) in [5.74, 6) is 0.0561. The lowest BCUT2D eigenvalue weighted by molar-refractivity contribution is -0.139. The molecule has 2 N–H and O–H groups in total. The molecule has 0 aromatic heterocycles. The molecule has 98 valence electrons. The molecular weight excluding hydrogens is 418 g/mol. The number of rotatable bonds is 5. The van der Waals surface area contributed by atoms with Crippen LogP contribution in [0.2, 0.25) is 0 Å². The highest BCUT2D eigenvalue weighted by atomic mass is 79.9. The Bertz CT molecular complexity index is 316. The van der Waals surface area contributed by atoms with Gasteiger partial charge >= 0.3 is 5.97 Å². The Morgan fingerprint density at radius 1 is 1.53 bits per heavy atom. The third kappa shape index (κ3) is 3.96. The molecule has 0 bridgehead atoms. The Labute approximate surface area is 127 Å². The summed E-state index contributed by atoms with van der Waals surface area (Å²) < 4.78 is 5.55. The molecule has 0 spiro atoms. The number of ether oxygens (including phenoxy) is 1. The van der Waals surface area contributed by atoms with Crippen LogP contribution in [0.3, 0.4) is 0 Å². The van der Waals surface area contributed by atoms with Crippen LogP contribution < -0.4 is 5.73 Å². The van der Waals surface area contributed by atoms with Crippen LogP contribution in [0.4, 0.5) is 0 Å². The molecule has 1 saturated heterocycles. The zero-order valence-corrected chi connectivity index (χ0v) is 14.3. The Hall–Kier alpha value is 0.450. The van der Waals surface area contributed by atoms with Gasteiger partial charge in [0.2, 0.25) is 0 Å². The average molecular weight is 434 g/mol. The Morgan fingerprint density at radius 3 is 2.65 bits per heavy atom. The minimum Gasteiger partial charge on any atom is -0.427 e. The van der Waals surface area contributed by atoms with Crippen LogP contribution in [0.5, 0.6) is 0 Å². The summed E-state index contributed by atoms with van der Waals surface area (Å²) in [5, 5.41) is 0. The van der Waals surface area contributed by atoms with E-state index < -0.39 is 0 Å². The second-order valence-corrected chi connectivity index (χ2v) is 7.09. The van der Waals surface area contributed by atoms with Crippen molar-refractivity contribution in [2.24, 2.45) is 11.7 Å². The summed E-state index contributed by atoms with van der Waals surface area (Å²) in [6.07, 6.45) is 4.43. The molecule has 3 atom stereocenters. The molecule has 1 aliphatic rings. The Morgan fingerprint density at radius 2 is 2.18 bits per heavy atom. The molecule has 0 amide bonds. The van der Waals surface area contributed by atoms with E-state index in [1.807, 2.05) is 0 Å². The van der Waals surface area contributed by atoms with E-state index in [-0.39, 0.29) is 21.5 Å². The molecular formula is C11H16Br3NO2. The third-order valence-corrected chi connectivity index (χ3v) is 5.16. The number of carbonyl (C=O) groups is 1. The summed E-state index contributed by atoms with van der Waals surface area (Å²) in [6.45, 7) is 2.16. The van der Waals surface area contributed by atoms with Gasteiger partial charge in [-0.2, -0.15) is 0 Å². The SMILES string of the molecule is CCCCCC(Br)C1C(=O)O/C(=C(/N)Br)C1Br. The average Bonchev–Trinajstić information content (AvgIpc) is 2.54. The van der Waals surface area contributed by atoms with E-state index >= 15 is 0 Å². The van der Waals surface area contributed by atoms with Crippen molar-refractivity contribution in [3.8, 4) is 0 Å². The van der Waals surface area contributed by atoms with Crippen LogP contribution in [-0.4, -0.2) is 15.6 Å². The highest BCUT2D eigenvalue weighted by Crippen LogP contribution is 2.39. The molecule has 1 fully saturated rings. The molecule has 0 aromatic carbocycles. The third-order valence-electron chi connectivity index (χ3n) is 2.76. The maximum Gasteiger partial charge on any atom is 0.316 e. The number of hydrogen-bond acceptors (Lipinski definition) is 3. The number of nitrogens with two attached hydrogens (primary N) is 1. The fourth-order valence-corrected chi connectivity index (χ4v) is 4.61. The van der Waals surface area contributed by atoms with E-state index in [0.717, 1.165) is 12.8 Å². The lowest BCUT2D eigenvalue weighted by atomic mass is 9.98. The maximum absolute atomic E-state index is 11.8. The highest BCUT2D eigenvalue weighted by Gasteiger charge is 2.44. The first-order chi connectivity index (χ1) is 7.99. The van der Waals surface area contributed by atoms with E-state index in [4.69, 9.17) is 10.5 Å². The summed E-state index contributed by atoms with van der Waals surface area (Å²) in [6, 6.07) is 0. The molecule has 1 aliphatic heterocycles. The first-order valence-corrected chi connectivity index (χ1v) is 8.26. The van der Waals surface area contributed by atoms with Gasteiger partial charge < -0.3 is 10.5 Å². The van der Waals surface area contributed by atoms with Gasteiger partial charge in [-0.3, -0.25) is 4.79 Å². The van der Waals surface area contributed by atoms with Crippen molar-refractivity contribution in [3.05, 3.63) is 10.4 Å². The van der Waals surface area contributed by atoms with Crippen molar-refractivity contribution in [3.63, 3.8) is 0 Å². The van der Waals surface area contributed by atoms with Gasteiger partial charge in [-0.15, -0.1) is 0 Å². The molecule has 0 radical (unpaired) electrons. The van der Waals surface area contributed by atoms with Gasteiger partial charge in [-0.1, -0.05) is 58.0 Å². The number of allylic oxidation sites excluding steroid dienone is 1. The van der Waals surface area contributed by atoms with Gasteiger partial charge in [-0.05, 0) is 22.4 Å². The van der Waals surface area contributed by atoms with E-state index in [9.17, 15) is 4.79 Å². The summed E-state index contributed by atoms with van der Waals surface area (Å²) in [5.41, 5.74) is 5.61. The first kappa shape index (κ1) is 15.5. The molecule has 1 heterocycles. The predicted molar refractivity (Wildman–Crippen MR) is 79.3 cm³/mol. The van der Waals surface area contributed by atoms with Gasteiger partial charge in [0.15, 0.2) is 5.76 Å². The first-order valence-electron chi connectivity index (χ1n) is 5.64. The quantitative estimate of drug-likeness (QED) is 0.310. The fourth-order valence-electron chi connectivity index (χ4n) is 1.80. The van der Waals surface area contributed by atoms with Gasteiger partial charge in [0, 0.05) is 4.83 Å². The number of unbranched alkanes of at least 4 members (excludes halogenated alkanes) is 2. The van der Waals surface area contributed by atoms with Crippen molar-refractivity contribution in [1.29, 1.82) is 0 Å². The zero-order chi connectivity index (χ0) is 13.0. The van der Waals surface area contributed by atoms with Crippen LogP contribution in [0.1, 0.15) is 32.6 Å². The number of halogens is 3. The summed E-state index contributed by atoms with van der Waals surface area (Å²) in [4.78, 5) is 11.7. The van der Waals surface area contributed by atoms with Crippen molar-refractivity contribution >= 4 is 53.8 Å². The fraction of sp³-hybridized carbons (Fsp3) is 0.727. The van der Waals surface area contributed by atoms with Crippen LogP contribution in [-0.2, 0) is 9.53 Å². The molecule has 17 heavy (non-hydrogen) atoms. The van der Waals surface area contributed by atoms with Crippen molar-refractivity contribution in [2.45, 2.75) is 42.3 Å². The number of esters is 1. The Kier molecular flexibility index (Phi) is 6.51. The summed E-state index contributed by atoms with van der Waals surface area (Å²) >= 11 is 10.2. The number of carbonyl (C=O) groups excluding carboxylic acids is 1. The molecule has 0 aromatic rings. The number of cyclic esters (lactones) is 1. The van der Waals surface area contributed by atoms with Crippen LogP contribution >= 0.6 is 47.8 Å². The van der Waals surface area contributed by atoms with Crippen molar-refractivity contribution in [1.82, 2.24) is 0 Å². The van der Waals surface area contributed by atoms with Gasteiger partial charge in [0.1, 0.15) is 4.61 Å². The van der Waals surface area contributed by atoms with Gasteiger partial charge in [0.05, 0.1) is 10.7 Å². The minimum atomic E-state index is -0.220. The molecule has 3 nitrogen and oxygen atoms in total. The van der Waals surface area contributed by atoms with E-state index in [1.54, 1.807) is 0 Å². The monoisotopic (exact) mass is 431 g/mol. The number of alkyl halides is 2. The van der Waals surface area contributed by atoms with E-state index in [1.165, 1.54) is 12.8 Å². The second-order valence-electron chi connectivity index (χ2n) is 4.07. The topological polar surface area (TPSA) is 52.3 Å². The van der Waals surface area contributed by atoms with Crippen molar-refractivity contribution in [2.75, 3.05) is 0 Å². The van der Waals surface area contributed by atoms with Crippen LogP contribution in [0, 0.1) is 5.92 Å². The number of hydrogen-bond donors (Lipinski definition) is 1.